The second-order valence-corrected chi connectivity index (χ2v) is 8.18. The van der Waals surface area contributed by atoms with E-state index in [0.717, 1.165) is 12.1 Å². The van der Waals surface area contributed by atoms with Crippen molar-refractivity contribution >= 4 is 17.5 Å². The van der Waals surface area contributed by atoms with Crippen molar-refractivity contribution < 1.29 is 19.5 Å². The molecule has 0 unspecified atom stereocenters. The van der Waals surface area contributed by atoms with Gasteiger partial charge in [0.2, 0.25) is 0 Å². The summed E-state index contributed by atoms with van der Waals surface area (Å²) in [5.41, 5.74) is 6.30. The molecule has 142 valence electrons. The molecule has 6 nitrogen and oxygen atoms in total. The van der Waals surface area contributed by atoms with Crippen molar-refractivity contribution in [3.8, 4) is 0 Å². The molecule has 0 spiro atoms. The van der Waals surface area contributed by atoms with Crippen LogP contribution in [0.2, 0.25) is 0 Å². The number of carbonyl (C=O) groups is 3. The van der Waals surface area contributed by atoms with Crippen LogP contribution in [0.5, 0.6) is 0 Å². The number of carbonyl (C=O) groups excluding carboxylic acids is 2. The van der Waals surface area contributed by atoms with Crippen molar-refractivity contribution in [1.29, 1.82) is 0 Å². The Morgan fingerprint density at radius 1 is 1.20 bits per heavy atom. The Kier molecular flexibility index (Phi) is 7.80. The van der Waals surface area contributed by atoms with Crippen molar-refractivity contribution in [3.05, 3.63) is 11.3 Å². The third-order valence-corrected chi connectivity index (χ3v) is 4.35. The lowest BCUT2D eigenvalue weighted by Crippen LogP contribution is -2.35. The molecule has 6 heteroatoms. The van der Waals surface area contributed by atoms with Gasteiger partial charge in [0.15, 0.2) is 11.6 Å². The Balaban J connectivity index is 2.72. The lowest BCUT2D eigenvalue weighted by atomic mass is 9.73. The predicted octanol–water partition coefficient (Wildman–Crippen LogP) is 2.42. The number of rotatable bonds is 9. The molecular formula is C19H32N2O4. The number of nitrogens with two attached hydrogens (primary N) is 1. The maximum absolute atomic E-state index is 12.5. The van der Waals surface area contributed by atoms with E-state index in [1.807, 2.05) is 13.8 Å². The Morgan fingerprint density at radius 3 is 2.24 bits per heavy atom. The monoisotopic (exact) mass is 352 g/mol. The van der Waals surface area contributed by atoms with E-state index in [1.165, 1.54) is 0 Å². The van der Waals surface area contributed by atoms with Crippen molar-refractivity contribution in [1.82, 2.24) is 5.32 Å². The quantitative estimate of drug-likeness (QED) is 0.334. The van der Waals surface area contributed by atoms with E-state index >= 15 is 0 Å². The first-order valence-electron chi connectivity index (χ1n) is 9.05. The van der Waals surface area contributed by atoms with Gasteiger partial charge in [-0.2, -0.15) is 0 Å². The highest BCUT2D eigenvalue weighted by molar-refractivity contribution is 6.22. The zero-order valence-electron chi connectivity index (χ0n) is 15.9. The first-order valence-corrected chi connectivity index (χ1v) is 9.05. The van der Waals surface area contributed by atoms with Crippen LogP contribution in [-0.2, 0) is 14.4 Å². The number of unbranched alkanes of at least 4 members (excludes halogenated alkanes) is 1. The summed E-state index contributed by atoms with van der Waals surface area (Å²) in [5, 5.41) is 12.0. The molecule has 1 rings (SSSR count). The topological polar surface area (TPSA) is 109 Å². The molecule has 0 aromatic carbocycles. The molecule has 0 saturated heterocycles. The fourth-order valence-electron chi connectivity index (χ4n) is 3.12. The van der Waals surface area contributed by atoms with Crippen molar-refractivity contribution in [2.45, 2.75) is 72.3 Å². The molecule has 1 fully saturated rings. The minimum absolute atomic E-state index is 0.0719. The van der Waals surface area contributed by atoms with E-state index in [9.17, 15) is 14.4 Å². The zero-order chi connectivity index (χ0) is 19.2. The normalized spacial score (nSPS) is 18.4. The number of carboxylic acid groups (broad SMARTS) is 1. The van der Waals surface area contributed by atoms with Crippen LogP contribution in [0.15, 0.2) is 11.3 Å². The van der Waals surface area contributed by atoms with E-state index in [0.29, 0.717) is 50.1 Å². The van der Waals surface area contributed by atoms with Gasteiger partial charge in [0, 0.05) is 25.1 Å². The van der Waals surface area contributed by atoms with Crippen LogP contribution in [-0.4, -0.2) is 35.2 Å². The number of ketones is 2. The molecule has 25 heavy (non-hydrogen) atoms. The van der Waals surface area contributed by atoms with Gasteiger partial charge in [-0.25, -0.2) is 0 Å². The largest absolute Gasteiger partial charge is 0.480 e. The smallest absolute Gasteiger partial charge is 0.320 e. The number of nitrogens with one attached hydrogen (secondary N) is 1. The maximum Gasteiger partial charge on any atom is 0.320 e. The van der Waals surface area contributed by atoms with Gasteiger partial charge in [0.1, 0.15) is 6.04 Å². The number of aliphatic carboxylic acids is 1. The van der Waals surface area contributed by atoms with E-state index < -0.39 is 12.0 Å². The molecule has 4 N–H and O–H groups in total. The van der Waals surface area contributed by atoms with Crippen LogP contribution >= 0.6 is 0 Å². The molecule has 0 heterocycles. The highest BCUT2D eigenvalue weighted by Gasteiger charge is 2.37. The van der Waals surface area contributed by atoms with Crippen molar-refractivity contribution in [2.75, 3.05) is 6.54 Å². The van der Waals surface area contributed by atoms with Crippen LogP contribution in [0, 0.1) is 11.3 Å². The van der Waals surface area contributed by atoms with Crippen LogP contribution in [0.1, 0.15) is 66.2 Å². The van der Waals surface area contributed by atoms with E-state index in [2.05, 4.69) is 19.2 Å². The standard InChI is InChI=1S/C19H32N2O4/c1-12(2)9-14(21-8-6-5-7-13(20)18(24)25)17-15(22)10-19(3,4)11-16(17)23/h12-13,21H,5-11,20H2,1-4H3,(H,24,25)/t13-/m1/s1. The molecular weight excluding hydrogens is 320 g/mol. The van der Waals surface area contributed by atoms with Gasteiger partial charge in [0.05, 0.1) is 5.57 Å². The summed E-state index contributed by atoms with van der Waals surface area (Å²) in [4.78, 5) is 35.7. The lowest BCUT2D eigenvalue weighted by Gasteiger charge is -2.30. The van der Waals surface area contributed by atoms with E-state index in [4.69, 9.17) is 10.8 Å². The summed E-state index contributed by atoms with van der Waals surface area (Å²) in [5.74, 6) is -0.808. The Hall–Kier alpha value is -1.69. The van der Waals surface area contributed by atoms with Crippen LogP contribution in [0.25, 0.3) is 0 Å². The fraction of sp³-hybridized carbons (Fsp3) is 0.737. The van der Waals surface area contributed by atoms with E-state index in [1.54, 1.807) is 0 Å². The summed E-state index contributed by atoms with van der Waals surface area (Å²) in [6, 6.07) is -0.836. The summed E-state index contributed by atoms with van der Waals surface area (Å²) in [7, 11) is 0. The summed E-state index contributed by atoms with van der Waals surface area (Å²) in [6.07, 6.45) is 3.28. The fourth-order valence-corrected chi connectivity index (χ4v) is 3.12. The Morgan fingerprint density at radius 2 is 1.76 bits per heavy atom. The minimum atomic E-state index is -0.989. The average Bonchev–Trinajstić information content (AvgIpc) is 2.43. The number of allylic oxidation sites excluding steroid dienone is 2. The highest BCUT2D eigenvalue weighted by atomic mass is 16.4. The summed E-state index contributed by atoms with van der Waals surface area (Å²) < 4.78 is 0. The molecule has 0 aromatic rings. The van der Waals surface area contributed by atoms with Gasteiger partial charge < -0.3 is 16.2 Å². The van der Waals surface area contributed by atoms with Gasteiger partial charge in [0.25, 0.3) is 0 Å². The molecule has 0 aromatic heterocycles. The molecule has 0 aliphatic heterocycles. The lowest BCUT2D eigenvalue weighted by molar-refractivity contribution is -0.138. The first kappa shape index (κ1) is 21.4. The molecule has 0 amide bonds. The molecule has 1 atom stereocenters. The maximum atomic E-state index is 12.5. The van der Waals surface area contributed by atoms with Crippen molar-refractivity contribution in [3.63, 3.8) is 0 Å². The van der Waals surface area contributed by atoms with Gasteiger partial charge in [-0.15, -0.1) is 0 Å². The number of hydrogen-bond donors (Lipinski definition) is 3. The first-order chi connectivity index (χ1) is 11.5. The molecule has 0 bridgehead atoms. The summed E-state index contributed by atoms with van der Waals surface area (Å²) in [6.45, 7) is 8.59. The predicted molar refractivity (Wildman–Crippen MR) is 97.0 cm³/mol. The number of carboxylic acids is 1. The number of hydrogen-bond acceptors (Lipinski definition) is 5. The minimum Gasteiger partial charge on any atom is -0.480 e. The van der Waals surface area contributed by atoms with Crippen LogP contribution in [0.4, 0.5) is 0 Å². The van der Waals surface area contributed by atoms with Gasteiger partial charge >= 0.3 is 5.97 Å². The Labute approximate surface area is 150 Å². The zero-order valence-corrected chi connectivity index (χ0v) is 15.9. The molecule has 1 saturated carbocycles. The SMILES string of the molecule is CC(C)CC(NCCCC[C@@H](N)C(=O)O)=C1C(=O)CC(C)(C)CC1=O. The van der Waals surface area contributed by atoms with Gasteiger partial charge in [-0.05, 0) is 37.0 Å². The van der Waals surface area contributed by atoms with Crippen LogP contribution < -0.4 is 11.1 Å². The third-order valence-electron chi connectivity index (χ3n) is 4.35. The summed E-state index contributed by atoms with van der Waals surface area (Å²) >= 11 is 0. The Bertz CT molecular complexity index is 528. The van der Waals surface area contributed by atoms with Gasteiger partial charge in [-0.3, -0.25) is 14.4 Å². The number of Topliss-reactive ketones (excluding diaryl/α,β-unsaturated/α-hetero) is 2. The molecule has 0 radical (unpaired) electrons. The van der Waals surface area contributed by atoms with E-state index in [-0.39, 0.29) is 17.0 Å². The third kappa shape index (κ3) is 6.98. The average molecular weight is 352 g/mol. The second-order valence-electron chi connectivity index (χ2n) is 8.18. The molecule has 1 aliphatic carbocycles. The second kappa shape index (κ2) is 9.13. The van der Waals surface area contributed by atoms with Crippen LogP contribution in [0.3, 0.4) is 0 Å². The van der Waals surface area contributed by atoms with Gasteiger partial charge in [-0.1, -0.05) is 27.7 Å². The molecule has 1 aliphatic rings. The highest BCUT2D eigenvalue weighted by Crippen LogP contribution is 2.35. The van der Waals surface area contributed by atoms with Crippen molar-refractivity contribution in [2.24, 2.45) is 17.1 Å².